The van der Waals surface area contributed by atoms with Crippen LogP contribution in [0.15, 0.2) is 54.6 Å². The normalized spacial score (nSPS) is 10.5. The van der Waals surface area contributed by atoms with Gasteiger partial charge in [0.25, 0.3) is 5.91 Å². The Bertz CT molecular complexity index is 895. The third-order valence-electron chi connectivity index (χ3n) is 3.74. The summed E-state index contributed by atoms with van der Waals surface area (Å²) in [6.45, 7) is 1.98. The maximum absolute atomic E-state index is 12.3. The molecule has 0 aliphatic rings. The molecule has 0 fully saturated rings. The van der Waals surface area contributed by atoms with Gasteiger partial charge >= 0.3 is 0 Å². The number of benzene rings is 2. The third kappa shape index (κ3) is 3.78. The molecule has 0 bridgehead atoms. The zero-order valence-electron chi connectivity index (χ0n) is 13.7. The number of carbonyl (C=O) groups is 1. The maximum atomic E-state index is 12.3. The molecule has 25 heavy (non-hydrogen) atoms. The molecule has 2 aromatic carbocycles. The zero-order valence-corrected chi connectivity index (χ0v) is 14.4. The van der Waals surface area contributed by atoms with Gasteiger partial charge in [0, 0.05) is 16.1 Å². The summed E-state index contributed by atoms with van der Waals surface area (Å²) in [5.74, 6) is 0.236. The summed E-state index contributed by atoms with van der Waals surface area (Å²) < 4.78 is 0. The van der Waals surface area contributed by atoms with E-state index in [2.05, 4.69) is 15.3 Å². The summed E-state index contributed by atoms with van der Waals surface area (Å²) in [5, 5.41) is 3.35. The van der Waals surface area contributed by atoms with E-state index in [0.717, 1.165) is 16.8 Å². The number of amides is 1. The molecule has 0 saturated heterocycles. The molecular weight excluding hydrogens is 336 g/mol. The second-order valence-corrected chi connectivity index (χ2v) is 5.87. The first-order chi connectivity index (χ1) is 12.1. The van der Waals surface area contributed by atoms with Gasteiger partial charge in [-0.1, -0.05) is 48.9 Å². The van der Waals surface area contributed by atoms with Crippen LogP contribution >= 0.6 is 11.6 Å². The van der Waals surface area contributed by atoms with Crippen LogP contribution in [0.4, 0.5) is 11.8 Å². The molecular formula is C19H17ClN4O. The van der Waals surface area contributed by atoms with Crippen molar-refractivity contribution in [3.63, 3.8) is 0 Å². The van der Waals surface area contributed by atoms with E-state index in [-0.39, 0.29) is 11.9 Å². The number of halogens is 1. The molecule has 1 amide bonds. The van der Waals surface area contributed by atoms with Crippen LogP contribution in [-0.2, 0) is 6.42 Å². The second-order valence-electron chi connectivity index (χ2n) is 5.43. The van der Waals surface area contributed by atoms with Gasteiger partial charge in [0.2, 0.25) is 5.95 Å². The number of nitrogen functional groups attached to an aromatic ring is 1. The number of anilines is 2. The van der Waals surface area contributed by atoms with Crippen molar-refractivity contribution < 1.29 is 4.79 Å². The van der Waals surface area contributed by atoms with E-state index >= 15 is 0 Å². The molecule has 3 aromatic rings. The molecule has 0 atom stereocenters. The second kappa shape index (κ2) is 7.32. The maximum Gasteiger partial charge on any atom is 0.258 e. The minimum Gasteiger partial charge on any atom is -0.383 e. The number of rotatable bonds is 4. The standard InChI is InChI=1S/C19H17ClN4O/c1-2-15-16(12-8-10-14(20)11-9-12)17(21)23-19(22-15)24-18(25)13-6-4-3-5-7-13/h3-11H,2H2,1H3,(H3,21,22,23,24,25). The SMILES string of the molecule is CCc1nc(NC(=O)c2ccccc2)nc(N)c1-c1ccc(Cl)cc1. The fourth-order valence-electron chi connectivity index (χ4n) is 2.53. The summed E-state index contributed by atoms with van der Waals surface area (Å²) in [6, 6.07) is 16.2. The van der Waals surface area contributed by atoms with E-state index in [4.69, 9.17) is 17.3 Å². The highest BCUT2D eigenvalue weighted by molar-refractivity contribution is 6.30. The Kier molecular flexibility index (Phi) is 4.95. The number of aromatic nitrogens is 2. The molecule has 1 aromatic heterocycles. The monoisotopic (exact) mass is 352 g/mol. The lowest BCUT2D eigenvalue weighted by molar-refractivity contribution is 0.102. The topological polar surface area (TPSA) is 80.9 Å². The molecule has 0 saturated carbocycles. The van der Waals surface area contributed by atoms with Crippen molar-refractivity contribution in [2.45, 2.75) is 13.3 Å². The molecule has 3 N–H and O–H groups in total. The molecule has 5 nitrogen and oxygen atoms in total. The quantitative estimate of drug-likeness (QED) is 0.737. The van der Waals surface area contributed by atoms with E-state index in [1.165, 1.54) is 0 Å². The molecule has 3 rings (SSSR count). The van der Waals surface area contributed by atoms with Crippen LogP contribution in [0.3, 0.4) is 0 Å². The first-order valence-electron chi connectivity index (χ1n) is 7.87. The Morgan fingerprint density at radius 3 is 2.40 bits per heavy atom. The molecule has 0 unspecified atom stereocenters. The number of aryl methyl sites for hydroxylation is 1. The van der Waals surface area contributed by atoms with Crippen molar-refractivity contribution in [1.29, 1.82) is 0 Å². The predicted octanol–water partition coefficient (Wildman–Crippen LogP) is 4.19. The first-order valence-corrected chi connectivity index (χ1v) is 8.25. The minimum atomic E-state index is -0.277. The van der Waals surface area contributed by atoms with E-state index in [9.17, 15) is 4.79 Å². The van der Waals surface area contributed by atoms with E-state index in [1.807, 2.05) is 25.1 Å². The van der Waals surface area contributed by atoms with Gasteiger partial charge in [-0.15, -0.1) is 0 Å². The lowest BCUT2D eigenvalue weighted by Crippen LogP contribution is -2.16. The zero-order chi connectivity index (χ0) is 17.8. The van der Waals surface area contributed by atoms with Crippen LogP contribution < -0.4 is 11.1 Å². The minimum absolute atomic E-state index is 0.195. The van der Waals surface area contributed by atoms with E-state index in [1.54, 1.807) is 36.4 Å². The summed E-state index contributed by atoms with van der Waals surface area (Å²) >= 11 is 5.94. The van der Waals surface area contributed by atoms with Crippen LogP contribution in [0.2, 0.25) is 5.02 Å². The lowest BCUT2D eigenvalue weighted by atomic mass is 10.0. The van der Waals surface area contributed by atoms with Crippen LogP contribution in [0, 0.1) is 0 Å². The van der Waals surface area contributed by atoms with Gasteiger partial charge in [0.05, 0.1) is 5.69 Å². The van der Waals surface area contributed by atoms with Crippen LogP contribution in [0.5, 0.6) is 0 Å². The molecule has 126 valence electrons. The number of hydrogen-bond acceptors (Lipinski definition) is 4. The highest BCUT2D eigenvalue weighted by Gasteiger charge is 2.15. The first kappa shape index (κ1) is 16.9. The Labute approximate surface area is 150 Å². The predicted molar refractivity (Wildman–Crippen MR) is 101 cm³/mol. The Hall–Kier alpha value is -2.92. The van der Waals surface area contributed by atoms with Gasteiger partial charge in [-0.2, -0.15) is 4.98 Å². The van der Waals surface area contributed by atoms with Gasteiger partial charge < -0.3 is 5.73 Å². The van der Waals surface area contributed by atoms with Crippen molar-refractivity contribution in [3.8, 4) is 11.1 Å². The van der Waals surface area contributed by atoms with E-state index in [0.29, 0.717) is 22.8 Å². The Morgan fingerprint density at radius 1 is 1.08 bits per heavy atom. The van der Waals surface area contributed by atoms with Crippen molar-refractivity contribution in [2.75, 3.05) is 11.1 Å². The summed E-state index contributed by atoms with van der Waals surface area (Å²) in [6.07, 6.45) is 0.652. The molecule has 0 aliphatic heterocycles. The van der Waals surface area contributed by atoms with Gasteiger partial charge in [0.1, 0.15) is 5.82 Å². The molecule has 0 aliphatic carbocycles. The van der Waals surface area contributed by atoms with Crippen molar-refractivity contribution in [2.24, 2.45) is 0 Å². The van der Waals surface area contributed by atoms with Crippen LogP contribution in [-0.4, -0.2) is 15.9 Å². The number of nitrogens with zero attached hydrogens (tertiary/aromatic N) is 2. The molecule has 1 heterocycles. The number of nitrogens with one attached hydrogen (secondary N) is 1. The van der Waals surface area contributed by atoms with Gasteiger partial charge in [-0.05, 0) is 36.2 Å². The summed E-state index contributed by atoms with van der Waals surface area (Å²) in [4.78, 5) is 21.0. The average Bonchev–Trinajstić information content (AvgIpc) is 2.63. The highest BCUT2D eigenvalue weighted by Crippen LogP contribution is 2.30. The Morgan fingerprint density at radius 2 is 1.76 bits per heavy atom. The van der Waals surface area contributed by atoms with Gasteiger partial charge in [-0.3, -0.25) is 10.1 Å². The van der Waals surface area contributed by atoms with Crippen molar-refractivity contribution in [3.05, 3.63) is 70.9 Å². The fourth-order valence-corrected chi connectivity index (χ4v) is 2.66. The molecule has 0 radical (unpaired) electrons. The summed E-state index contributed by atoms with van der Waals surface area (Å²) in [7, 11) is 0. The molecule has 6 heteroatoms. The molecule has 0 spiro atoms. The Balaban J connectivity index is 1.94. The van der Waals surface area contributed by atoms with Gasteiger partial charge in [-0.25, -0.2) is 4.98 Å². The fraction of sp³-hybridized carbons (Fsp3) is 0.105. The lowest BCUT2D eigenvalue weighted by Gasteiger charge is -2.13. The van der Waals surface area contributed by atoms with Crippen LogP contribution in [0.25, 0.3) is 11.1 Å². The third-order valence-corrected chi connectivity index (χ3v) is 3.99. The van der Waals surface area contributed by atoms with Crippen LogP contribution in [0.1, 0.15) is 23.0 Å². The van der Waals surface area contributed by atoms with Crippen molar-refractivity contribution >= 4 is 29.3 Å². The van der Waals surface area contributed by atoms with Gasteiger partial charge in [0.15, 0.2) is 0 Å². The number of nitrogens with two attached hydrogens (primary N) is 1. The summed E-state index contributed by atoms with van der Waals surface area (Å²) in [5.41, 5.74) is 9.09. The average molecular weight is 353 g/mol. The highest BCUT2D eigenvalue weighted by atomic mass is 35.5. The van der Waals surface area contributed by atoms with E-state index < -0.39 is 0 Å². The number of hydrogen-bond donors (Lipinski definition) is 2. The number of carbonyl (C=O) groups excluding carboxylic acids is 1. The van der Waals surface area contributed by atoms with Crippen molar-refractivity contribution in [1.82, 2.24) is 9.97 Å². The smallest absolute Gasteiger partial charge is 0.258 e. The largest absolute Gasteiger partial charge is 0.383 e.